The van der Waals surface area contributed by atoms with E-state index in [-0.39, 0.29) is 0 Å². The fourth-order valence-electron chi connectivity index (χ4n) is 1.92. The molecule has 1 N–H and O–H groups in total. The van der Waals surface area contributed by atoms with Crippen molar-refractivity contribution in [2.24, 2.45) is 0 Å². The molecule has 0 aliphatic rings. The minimum Gasteiger partial charge on any atom is -0.378 e. The number of halogens is 3. The number of benzene rings is 2. The molecule has 0 saturated carbocycles. The SMILES string of the molecule is CC(Nc1ccc(F)c([N+](=O)[O-])c1)c1cc(Br)ccc1F. The van der Waals surface area contributed by atoms with Gasteiger partial charge in [0.05, 0.1) is 11.0 Å². The van der Waals surface area contributed by atoms with E-state index < -0.39 is 28.3 Å². The lowest BCUT2D eigenvalue weighted by molar-refractivity contribution is -0.387. The lowest BCUT2D eigenvalue weighted by atomic mass is 10.1. The molecule has 0 spiro atoms. The summed E-state index contributed by atoms with van der Waals surface area (Å²) in [5.41, 5.74) is 0.119. The first-order valence-electron chi connectivity index (χ1n) is 6.04. The highest BCUT2D eigenvalue weighted by atomic mass is 79.9. The van der Waals surface area contributed by atoms with E-state index in [4.69, 9.17) is 0 Å². The van der Waals surface area contributed by atoms with Crippen LogP contribution in [0.25, 0.3) is 0 Å². The molecule has 2 aromatic carbocycles. The number of anilines is 1. The van der Waals surface area contributed by atoms with Crippen LogP contribution in [0.15, 0.2) is 40.9 Å². The van der Waals surface area contributed by atoms with Crippen LogP contribution in [0, 0.1) is 21.7 Å². The van der Waals surface area contributed by atoms with Crippen molar-refractivity contribution in [2.75, 3.05) is 5.32 Å². The zero-order chi connectivity index (χ0) is 15.6. The summed E-state index contributed by atoms with van der Waals surface area (Å²) in [5, 5.41) is 13.6. The maximum atomic E-state index is 13.8. The molecule has 0 bridgehead atoms. The van der Waals surface area contributed by atoms with Crippen molar-refractivity contribution in [3.8, 4) is 0 Å². The van der Waals surface area contributed by atoms with E-state index in [1.165, 1.54) is 12.1 Å². The van der Waals surface area contributed by atoms with Crippen LogP contribution in [0.2, 0.25) is 0 Å². The molecule has 0 radical (unpaired) electrons. The quantitative estimate of drug-likeness (QED) is 0.631. The Bertz CT molecular complexity index is 695. The summed E-state index contributed by atoms with van der Waals surface area (Å²) in [6.07, 6.45) is 0. The number of nitrogens with one attached hydrogen (secondary N) is 1. The zero-order valence-corrected chi connectivity index (χ0v) is 12.5. The Morgan fingerprint density at radius 2 is 1.86 bits per heavy atom. The van der Waals surface area contributed by atoms with E-state index in [2.05, 4.69) is 21.2 Å². The molecule has 4 nitrogen and oxygen atoms in total. The maximum Gasteiger partial charge on any atom is 0.306 e. The predicted molar refractivity (Wildman–Crippen MR) is 79.2 cm³/mol. The Balaban J connectivity index is 2.27. The van der Waals surface area contributed by atoms with Gasteiger partial charge in [-0.05, 0) is 37.3 Å². The third kappa shape index (κ3) is 3.55. The van der Waals surface area contributed by atoms with Gasteiger partial charge >= 0.3 is 5.69 Å². The topological polar surface area (TPSA) is 55.2 Å². The molecule has 0 heterocycles. The Morgan fingerprint density at radius 1 is 1.19 bits per heavy atom. The van der Waals surface area contributed by atoms with Crippen LogP contribution in [0.1, 0.15) is 18.5 Å². The molecule has 0 aliphatic heterocycles. The number of nitrogens with zero attached hydrogens (tertiary/aromatic N) is 1. The maximum absolute atomic E-state index is 13.8. The van der Waals surface area contributed by atoms with Crippen molar-refractivity contribution in [3.63, 3.8) is 0 Å². The molecule has 0 aliphatic carbocycles. The summed E-state index contributed by atoms with van der Waals surface area (Å²) in [7, 11) is 0. The lowest BCUT2D eigenvalue weighted by Crippen LogP contribution is -2.09. The fourth-order valence-corrected chi connectivity index (χ4v) is 2.30. The summed E-state index contributed by atoms with van der Waals surface area (Å²) in [6.45, 7) is 1.71. The first-order chi connectivity index (χ1) is 9.88. The predicted octanol–water partition coefficient (Wildman–Crippen LogP) is 4.81. The van der Waals surface area contributed by atoms with Gasteiger partial charge in [-0.15, -0.1) is 0 Å². The van der Waals surface area contributed by atoms with Gasteiger partial charge in [-0.3, -0.25) is 10.1 Å². The first-order valence-corrected chi connectivity index (χ1v) is 6.83. The molecule has 0 amide bonds. The van der Waals surface area contributed by atoms with Gasteiger partial charge in [-0.25, -0.2) is 4.39 Å². The molecular weight excluding hydrogens is 346 g/mol. The van der Waals surface area contributed by atoms with Gasteiger partial charge in [0.1, 0.15) is 5.82 Å². The molecule has 1 atom stereocenters. The second-order valence-corrected chi connectivity index (χ2v) is 5.37. The van der Waals surface area contributed by atoms with Gasteiger partial charge in [0.25, 0.3) is 0 Å². The largest absolute Gasteiger partial charge is 0.378 e. The Hall–Kier alpha value is -2.02. The van der Waals surface area contributed by atoms with Crippen molar-refractivity contribution in [1.29, 1.82) is 0 Å². The Kier molecular flexibility index (Phi) is 4.52. The second kappa shape index (κ2) is 6.17. The van der Waals surface area contributed by atoms with Gasteiger partial charge in [-0.1, -0.05) is 15.9 Å². The van der Waals surface area contributed by atoms with E-state index in [9.17, 15) is 18.9 Å². The molecule has 2 aromatic rings. The van der Waals surface area contributed by atoms with Crippen LogP contribution in [0.5, 0.6) is 0 Å². The monoisotopic (exact) mass is 356 g/mol. The van der Waals surface area contributed by atoms with E-state index in [0.29, 0.717) is 11.3 Å². The molecule has 1 unspecified atom stereocenters. The third-order valence-electron chi connectivity index (χ3n) is 2.95. The molecule has 21 heavy (non-hydrogen) atoms. The van der Waals surface area contributed by atoms with Crippen LogP contribution >= 0.6 is 15.9 Å². The zero-order valence-electron chi connectivity index (χ0n) is 10.9. The van der Waals surface area contributed by atoms with Crippen LogP contribution in [-0.2, 0) is 0 Å². The summed E-state index contributed by atoms with van der Waals surface area (Å²) in [6, 6.07) is 7.54. The van der Waals surface area contributed by atoms with Gasteiger partial charge in [0.2, 0.25) is 5.82 Å². The highest BCUT2D eigenvalue weighted by Crippen LogP contribution is 2.27. The smallest absolute Gasteiger partial charge is 0.306 e. The van der Waals surface area contributed by atoms with Crippen LogP contribution < -0.4 is 5.32 Å². The highest BCUT2D eigenvalue weighted by Gasteiger charge is 2.16. The standard InChI is InChI=1S/C14H11BrF2N2O2/c1-8(11-6-9(15)2-4-12(11)16)18-10-3-5-13(17)14(7-10)19(20)21/h2-8,18H,1H3. The van der Waals surface area contributed by atoms with Gasteiger partial charge in [-0.2, -0.15) is 4.39 Å². The molecule has 110 valence electrons. The Morgan fingerprint density at radius 3 is 2.52 bits per heavy atom. The highest BCUT2D eigenvalue weighted by molar-refractivity contribution is 9.10. The fraction of sp³-hybridized carbons (Fsp3) is 0.143. The summed E-state index contributed by atoms with van der Waals surface area (Å²) < 4.78 is 27.7. The van der Waals surface area contributed by atoms with Crippen molar-refractivity contribution in [3.05, 3.63) is 68.2 Å². The van der Waals surface area contributed by atoms with Gasteiger partial charge in [0, 0.05) is 21.8 Å². The van der Waals surface area contributed by atoms with E-state index >= 15 is 0 Å². The number of hydrogen-bond donors (Lipinski definition) is 1. The van der Waals surface area contributed by atoms with E-state index in [1.807, 2.05) is 0 Å². The summed E-state index contributed by atoms with van der Waals surface area (Å²) in [4.78, 5) is 9.90. The normalized spacial score (nSPS) is 12.0. The van der Waals surface area contributed by atoms with Crippen LogP contribution in [-0.4, -0.2) is 4.92 Å². The number of nitro groups is 1. The average molecular weight is 357 g/mol. The number of rotatable bonds is 4. The third-order valence-corrected chi connectivity index (χ3v) is 3.44. The van der Waals surface area contributed by atoms with E-state index in [0.717, 1.165) is 16.6 Å². The molecule has 2 rings (SSSR count). The molecule has 0 saturated heterocycles. The van der Waals surface area contributed by atoms with Crippen molar-refractivity contribution in [1.82, 2.24) is 0 Å². The Labute approximate surface area is 128 Å². The van der Waals surface area contributed by atoms with Crippen molar-refractivity contribution >= 4 is 27.3 Å². The molecule has 0 aromatic heterocycles. The average Bonchev–Trinajstić information content (AvgIpc) is 2.43. The van der Waals surface area contributed by atoms with E-state index in [1.54, 1.807) is 19.1 Å². The first kappa shape index (κ1) is 15.4. The van der Waals surface area contributed by atoms with Crippen LogP contribution in [0.3, 0.4) is 0 Å². The van der Waals surface area contributed by atoms with Crippen LogP contribution in [0.4, 0.5) is 20.2 Å². The minimum atomic E-state index is -0.910. The van der Waals surface area contributed by atoms with Crippen molar-refractivity contribution < 1.29 is 13.7 Å². The second-order valence-electron chi connectivity index (χ2n) is 4.46. The van der Waals surface area contributed by atoms with Gasteiger partial charge < -0.3 is 5.32 Å². The number of nitro benzene ring substituents is 1. The summed E-state index contributed by atoms with van der Waals surface area (Å²) >= 11 is 3.26. The van der Waals surface area contributed by atoms with Gasteiger partial charge in [0.15, 0.2) is 0 Å². The molecule has 0 fully saturated rings. The van der Waals surface area contributed by atoms with Crippen molar-refractivity contribution in [2.45, 2.75) is 13.0 Å². The molecule has 7 heteroatoms. The molecular formula is C14H11BrF2N2O2. The number of hydrogen-bond acceptors (Lipinski definition) is 3. The lowest BCUT2D eigenvalue weighted by Gasteiger charge is -2.16. The summed E-state index contributed by atoms with van der Waals surface area (Å²) in [5.74, 6) is -1.30. The minimum absolute atomic E-state index is 0.343.